The lowest BCUT2D eigenvalue weighted by molar-refractivity contribution is 0.266. The van der Waals surface area contributed by atoms with Gasteiger partial charge in [-0.25, -0.2) is 0 Å². The Morgan fingerprint density at radius 2 is 1.95 bits per heavy atom. The van der Waals surface area contributed by atoms with Crippen LogP contribution in [-0.4, -0.2) is 6.54 Å². The summed E-state index contributed by atoms with van der Waals surface area (Å²) in [6, 6.07) is 9.53. The number of nitrogens with one attached hydrogen (secondary N) is 1. The Balaban J connectivity index is 1.87. The first-order valence-corrected chi connectivity index (χ1v) is 7.99. The molecule has 1 aliphatic rings. The van der Waals surface area contributed by atoms with E-state index >= 15 is 0 Å². The molecule has 3 unspecified atom stereocenters. The lowest BCUT2D eigenvalue weighted by atomic mass is 9.82. The molecule has 1 aromatic carbocycles. The Labute approximate surface area is 118 Å². The van der Waals surface area contributed by atoms with Crippen LogP contribution in [0.2, 0.25) is 0 Å². The Bertz CT molecular complexity index is 368. The van der Waals surface area contributed by atoms with Gasteiger partial charge >= 0.3 is 0 Å². The average molecular weight is 259 g/mol. The van der Waals surface area contributed by atoms with Crippen LogP contribution in [-0.2, 0) is 0 Å². The highest BCUT2D eigenvalue weighted by molar-refractivity contribution is 5.24. The quantitative estimate of drug-likeness (QED) is 0.796. The fourth-order valence-electron chi connectivity index (χ4n) is 3.35. The van der Waals surface area contributed by atoms with E-state index in [1.54, 1.807) is 0 Å². The van der Waals surface area contributed by atoms with Crippen LogP contribution >= 0.6 is 0 Å². The molecule has 1 nitrogen and oxygen atoms in total. The highest BCUT2D eigenvalue weighted by Crippen LogP contribution is 2.28. The molecule has 0 spiro atoms. The van der Waals surface area contributed by atoms with Gasteiger partial charge in [0.25, 0.3) is 0 Å². The molecule has 1 saturated carbocycles. The van der Waals surface area contributed by atoms with Crippen molar-refractivity contribution in [1.29, 1.82) is 0 Å². The summed E-state index contributed by atoms with van der Waals surface area (Å²) >= 11 is 0. The molecule has 2 rings (SSSR count). The summed E-state index contributed by atoms with van der Waals surface area (Å²) < 4.78 is 0. The first kappa shape index (κ1) is 14.6. The van der Waals surface area contributed by atoms with Crippen LogP contribution in [0, 0.1) is 18.8 Å². The van der Waals surface area contributed by atoms with Crippen molar-refractivity contribution in [3.63, 3.8) is 0 Å². The van der Waals surface area contributed by atoms with Crippen LogP contribution < -0.4 is 5.32 Å². The maximum Gasteiger partial charge on any atom is 0.0317 e. The predicted molar refractivity (Wildman–Crippen MR) is 83.3 cm³/mol. The minimum Gasteiger partial charge on any atom is -0.310 e. The Morgan fingerprint density at radius 1 is 1.21 bits per heavy atom. The molecule has 0 aliphatic heterocycles. The van der Waals surface area contributed by atoms with Crippen molar-refractivity contribution in [2.24, 2.45) is 11.8 Å². The number of rotatable bonds is 5. The van der Waals surface area contributed by atoms with Crippen molar-refractivity contribution in [2.75, 3.05) is 6.54 Å². The van der Waals surface area contributed by atoms with Gasteiger partial charge in [0.1, 0.15) is 0 Å². The summed E-state index contributed by atoms with van der Waals surface area (Å²) in [6.07, 6.45) is 6.87. The molecule has 1 N–H and O–H groups in total. The van der Waals surface area contributed by atoms with Gasteiger partial charge in [0.2, 0.25) is 0 Å². The molecule has 106 valence electrons. The summed E-state index contributed by atoms with van der Waals surface area (Å²) in [5, 5.41) is 3.80. The number of benzene rings is 1. The van der Waals surface area contributed by atoms with Crippen molar-refractivity contribution in [2.45, 2.75) is 58.9 Å². The van der Waals surface area contributed by atoms with E-state index in [1.807, 2.05) is 0 Å². The monoisotopic (exact) mass is 259 g/mol. The molecule has 19 heavy (non-hydrogen) atoms. The lowest BCUT2D eigenvalue weighted by Crippen LogP contribution is -2.29. The summed E-state index contributed by atoms with van der Waals surface area (Å²) in [7, 11) is 0. The summed E-state index contributed by atoms with van der Waals surface area (Å²) in [5.74, 6) is 1.82. The van der Waals surface area contributed by atoms with Crippen molar-refractivity contribution < 1.29 is 0 Å². The Hall–Kier alpha value is -0.820. The molecule has 0 aromatic heterocycles. The molecule has 1 aromatic rings. The summed E-state index contributed by atoms with van der Waals surface area (Å²) in [6.45, 7) is 8.03. The topological polar surface area (TPSA) is 12.0 Å². The van der Waals surface area contributed by atoms with Gasteiger partial charge in [-0.1, -0.05) is 56.5 Å². The third-order valence-corrected chi connectivity index (χ3v) is 4.59. The van der Waals surface area contributed by atoms with Crippen molar-refractivity contribution in [3.8, 4) is 0 Å². The van der Waals surface area contributed by atoms with Gasteiger partial charge in [0, 0.05) is 6.04 Å². The van der Waals surface area contributed by atoms with E-state index in [1.165, 1.54) is 49.8 Å². The normalized spacial score (nSPS) is 25.2. The molecule has 0 saturated heterocycles. The minimum atomic E-state index is 0.526. The van der Waals surface area contributed by atoms with Gasteiger partial charge in [-0.15, -0.1) is 0 Å². The van der Waals surface area contributed by atoms with Gasteiger partial charge in [-0.05, 0) is 50.1 Å². The largest absolute Gasteiger partial charge is 0.310 e. The molecular formula is C18H29N. The summed E-state index contributed by atoms with van der Waals surface area (Å²) in [5.41, 5.74) is 2.79. The van der Waals surface area contributed by atoms with Crippen LogP contribution in [0.25, 0.3) is 0 Å². The zero-order chi connectivity index (χ0) is 13.7. The first-order chi connectivity index (χ1) is 9.19. The first-order valence-electron chi connectivity index (χ1n) is 7.99. The van der Waals surface area contributed by atoms with E-state index in [4.69, 9.17) is 0 Å². The third-order valence-electron chi connectivity index (χ3n) is 4.59. The number of hydrogen-bond acceptors (Lipinski definition) is 1. The maximum atomic E-state index is 3.80. The minimum absolute atomic E-state index is 0.526. The highest BCUT2D eigenvalue weighted by Gasteiger charge is 2.19. The van der Waals surface area contributed by atoms with Crippen molar-refractivity contribution in [3.05, 3.63) is 35.4 Å². The van der Waals surface area contributed by atoms with Gasteiger partial charge in [0.15, 0.2) is 0 Å². The van der Waals surface area contributed by atoms with Crippen molar-refractivity contribution >= 4 is 0 Å². The van der Waals surface area contributed by atoms with E-state index in [0.29, 0.717) is 6.04 Å². The zero-order valence-electron chi connectivity index (χ0n) is 12.8. The second-order valence-corrected chi connectivity index (χ2v) is 6.42. The lowest BCUT2D eigenvalue weighted by Gasteiger charge is -2.29. The van der Waals surface area contributed by atoms with Gasteiger partial charge in [0.05, 0.1) is 0 Å². The third kappa shape index (κ3) is 4.35. The van der Waals surface area contributed by atoms with E-state index < -0.39 is 0 Å². The molecule has 1 heteroatoms. The van der Waals surface area contributed by atoms with Crippen LogP contribution in [0.4, 0.5) is 0 Å². The molecule has 3 atom stereocenters. The predicted octanol–water partition coefficient (Wildman–Crippen LogP) is 4.86. The molecule has 0 heterocycles. The summed E-state index contributed by atoms with van der Waals surface area (Å²) in [4.78, 5) is 0. The van der Waals surface area contributed by atoms with Crippen LogP contribution in [0.3, 0.4) is 0 Å². The zero-order valence-corrected chi connectivity index (χ0v) is 12.8. The molecule has 0 bridgehead atoms. The van der Waals surface area contributed by atoms with Crippen LogP contribution in [0.1, 0.15) is 63.1 Å². The fraction of sp³-hybridized carbons (Fsp3) is 0.667. The number of aryl methyl sites for hydroxylation is 1. The molecule has 1 aliphatic carbocycles. The molecule has 1 fully saturated rings. The maximum absolute atomic E-state index is 3.80. The SMILES string of the molecule is CCC(NCC1CCCC(C)C1)c1ccc(C)cc1. The van der Waals surface area contributed by atoms with Gasteiger partial charge < -0.3 is 5.32 Å². The van der Waals surface area contributed by atoms with E-state index in [9.17, 15) is 0 Å². The smallest absolute Gasteiger partial charge is 0.0317 e. The molecule has 0 radical (unpaired) electrons. The Morgan fingerprint density at radius 3 is 2.58 bits per heavy atom. The molecular weight excluding hydrogens is 230 g/mol. The second-order valence-electron chi connectivity index (χ2n) is 6.42. The highest BCUT2D eigenvalue weighted by atomic mass is 14.9. The second kappa shape index (κ2) is 7.09. The van der Waals surface area contributed by atoms with Gasteiger partial charge in [-0.3, -0.25) is 0 Å². The average Bonchev–Trinajstić information content (AvgIpc) is 2.41. The fourth-order valence-corrected chi connectivity index (χ4v) is 3.35. The Kier molecular flexibility index (Phi) is 5.45. The van der Waals surface area contributed by atoms with Gasteiger partial charge in [-0.2, -0.15) is 0 Å². The van der Waals surface area contributed by atoms with E-state index in [2.05, 4.69) is 50.4 Å². The standard InChI is InChI=1S/C18H29N/c1-4-18(17-10-8-14(2)9-11-17)19-13-16-7-5-6-15(3)12-16/h8-11,15-16,18-19H,4-7,12-13H2,1-3H3. The van der Waals surface area contributed by atoms with Crippen LogP contribution in [0.15, 0.2) is 24.3 Å². The van der Waals surface area contributed by atoms with E-state index in [0.717, 1.165) is 11.8 Å². The molecule has 0 amide bonds. The van der Waals surface area contributed by atoms with E-state index in [-0.39, 0.29) is 0 Å². The number of hydrogen-bond donors (Lipinski definition) is 1. The van der Waals surface area contributed by atoms with Crippen molar-refractivity contribution in [1.82, 2.24) is 5.32 Å². The van der Waals surface area contributed by atoms with Crippen LogP contribution in [0.5, 0.6) is 0 Å².